The second kappa shape index (κ2) is 8.23. The van der Waals surface area contributed by atoms with Gasteiger partial charge in [-0.15, -0.1) is 11.3 Å². The number of carbonyl (C=O) groups excluding carboxylic acids is 3. The predicted molar refractivity (Wildman–Crippen MR) is 99.9 cm³/mol. The Morgan fingerprint density at radius 3 is 2.58 bits per heavy atom. The summed E-state index contributed by atoms with van der Waals surface area (Å²) in [6, 6.07) is 8.34. The molecule has 3 rings (SSSR count). The van der Waals surface area contributed by atoms with Crippen molar-refractivity contribution in [1.82, 2.24) is 9.88 Å². The lowest BCUT2D eigenvalue weighted by molar-refractivity contribution is -0.138. The summed E-state index contributed by atoms with van der Waals surface area (Å²) in [5.41, 5.74) is 2.43. The highest BCUT2D eigenvalue weighted by molar-refractivity contribution is 7.15. The lowest BCUT2D eigenvalue weighted by atomic mass is 10.1. The van der Waals surface area contributed by atoms with Crippen molar-refractivity contribution in [3.63, 3.8) is 0 Å². The molecule has 1 N–H and O–H groups in total. The van der Waals surface area contributed by atoms with Crippen molar-refractivity contribution < 1.29 is 14.4 Å². The molecule has 0 spiro atoms. The monoisotopic (exact) mass is 371 g/mol. The van der Waals surface area contributed by atoms with Gasteiger partial charge in [0, 0.05) is 43.3 Å². The van der Waals surface area contributed by atoms with Crippen LogP contribution in [0.5, 0.6) is 0 Å². The van der Waals surface area contributed by atoms with E-state index in [4.69, 9.17) is 0 Å². The van der Waals surface area contributed by atoms with Gasteiger partial charge in [0.05, 0.1) is 0 Å². The molecule has 136 valence electrons. The number of rotatable bonds is 7. The molecule has 0 unspecified atom stereocenters. The Bertz CT molecular complexity index is 798. The zero-order valence-electron chi connectivity index (χ0n) is 14.7. The van der Waals surface area contributed by atoms with Gasteiger partial charge in [0.2, 0.25) is 17.7 Å². The van der Waals surface area contributed by atoms with Gasteiger partial charge in [-0.1, -0.05) is 29.8 Å². The van der Waals surface area contributed by atoms with Crippen LogP contribution in [-0.4, -0.2) is 34.2 Å². The fourth-order valence-electron chi connectivity index (χ4n) is 2.81. The molecule has 2 aromatic rings. The summed E-state index contributed by atoms with van der Waals surface area (Å²) < 4.78 is 0. The molecular weight excluding hydrogens is 350 g/mol. The van der Waals surface area contributed by atoms with E-state index in [-0.39, 0.29) is 37.0 Å². The molecule has 1 saturated heterocycles. The highest BCUT2D eigenvalue weighted by Gasteiger charge is 2.28. The molecule has 1 aliphatic heterocycles. The fraction of sp³-hybridized carbons (Fsp3) is 0.368. The summed E-state index contributed by atoms with van der Waals surface area (Å²) in [4.78, 5) is 41.6. The molecule has 1 aliphatic rings. The number of aryl methyl sites for hydroxylation is 1. The molecule has 7 heteroatoms. The standard InChI is InChI=1S/C19H21N3O3S/c1-13-4-6-14(7-5-13)11-15-12-20-19(26-15)21-16(23)3-2-10-22-17(24)8-9-18(22)25/h4-7,12H,2-3,8-11H2,1H3,(H,20,21,23). The number of amides is 3. The Balaban J connectivity index is 1.44. The van der Waals surface area contributed by atoms with E-state index in [1.165, 1.54) is 27.4 Å². The van der Waals surface area contributed by atoms with Gasteiger partial charge in [-0.05, 0) is 18.9 Å². The van der Waals surface area contributed by atoms with E-state index < -0.39 is 0 Å². The second-order valence-electron chi connectivity index (χ2n) is 6.38. The maximum absolute atomic E-state index is 12.0. The van der Waals surface area contributed by atoms with Gasteiger partial charge in [0.1, 0.15) is 0 Å². The molecule has 1 aromatic heterocycles. The first kappa shape index (κ1) is 18.3. The van der Waals surface area contributed by atoms with Crippen LogP contribution in [0.25, 0.3) is 0 Å². The van der Waals surface area contributed by atoms with Gasteiger partial charge in [-0.25, -0.2) is 4.98 Å². The number of nitrogens with one attached hydrogen (secondary N) is 1. The first-order valence-electron chi connectivity index (χ1n) is 8.64. The van der Waals surface area contributed by atoms with E-state index >= 15 is 0 Å². The minimum Gasteiger partial charge on any atom is -0.302 e. The zero-order valence-corrected chi connectivity index (χ0v) is 15.5. The number of hydrogen-bond acceptors (Lipinski definition) is 5. The maximum Gasteiger partial charge on any atom is 0.229 e. The number of thiazole rings is 1. The van der Waals surface area contributed by atoms with Crippen LogP contribution in [0.4, 0.5) is 5.13 Å². The summed E-state index contributed by atoms with van der Waals surface area (Å²) in [6.45, 7) is 2.36. The quantitative estimate of drug-likeness (QED) is 0.759. The van der Waals surface area contributed by atoms with Crippen molar-refractivity contribution in [1.29, 1.82) is 0 Å². The van der Waals surface area contributed by atoms with Gasteiger partial charge in [0.25, 0.3) is 0 Å². The lowest BCUT2D eigenvalue weighted by Gasteiger charge is -2.12. The average molecular weight is 371 g/mol. The third kappa shape index (κ3) is 4.76. The fourth-order valence-corrected chi connectivity index (χ4v) is 3.67. The molecule has 0 bridgehead atoms. The van der Waals surface area contributed by atoms with Crippen molar-refractivity contribution >= 4 is 34.2 Å². The van der Waals surface area contributed by atoms with Gasteiger partial charge >= 0.3 is 0 Å². The molecule has 3 amide bonds. The number of imide groups is 1. The van der Waals surface area contributed by atoms with Crippen LogP contribution in [0.15, 0.2) is 30.5 Å². The van der Waals surface area contributed by atoms with Crippen LogP contribution >= 0.6 is 11.3 Å². The van der Waals surface area contributed by atoms with Crippen molar-refractivity contribution in [3.05, 3.63) is 46.5 Å². The van der Waals surface area contributed by atoms with E-state index in [1.807, 2.05) is 0 Å². The summed E-state index contributed by atoms with van der Waals surface area (Å²) >= 11 is 1.46. The minimum absolute atomic E-state index is 0.143. The molecule has 2 heterocycles. The highest BCUT2D eigenvalue weighted by Crippen LogP contribution is 2.21. The van der Waals surface area contributed by atoms with Gasteiger partial charge in [0.15, 0.2) is 5.13 Å². The summed E-state index contributed by atoms with van der Waals surface area (Å²) in [7, 11) is 0. The average Bonchev–Trinajstić information content (AvgIpc) is 3.17. The third-order valence-corrected chi connectivity index (χ3v) is 5.15. The molecule has 0 radical (unpaired) electrons. The Morgan fingerprint density at radius 1 is 1.19 bits per heavy atom. The number of likely N-dealkylation sites (tertiary alicyclic amines) is 1. The first-order chi connectivity index (χ1) is 12.5. The Hall–Kier alpha value is -2.54. The Kier molecular flexibility index (Phi) is 5.78. The summed E-state index contributed by atoms with van der Waals surface area (Å²) in [6.07, 6.45) is 3.85. The molecule has 1 aromatic carbocycles. The molecule has 1 fully saturated rings. The van der Waals surface area contributed by atoms with Gasteiger partial charge in [-0.2, -0.15) is 0 Å². The van der Waals surface area contributed by atoms with E-state index in [0.29, 0.717) is 18.1 Å². The molecule has 0 atom stereocenters. The van der Waals surface area contributed by atoms with Crippen LogP contribution in [0.3, 0.4) is 0 Å². The zero-order chi connectivity index (χ0) is 18.5. The van der Waals surface area contributed by atoms with Crippen LogP contribution in [0, 0.1) is 6.92 Å². The summed E-state index contributed by atoms with van der Waals surface area (Å²) in [5, 5.41) is 3.36. The van der Waals surface area contributed by atoms with Crippen LogP contribution < -0.4 is 5.32 Å². The SMILES string of the molecule is Cc1ccc(Cc2cnc(NC(=O)CCCN3C(=O)CCC3=O)s2)cc1. The van der Waals surface area contributed by atoms with Crippen LogP contribution in [0.1, 0.15) is 41.7 Å². The Morgan fingerprint density at radius 2 is 1.88 bits per heavy atom. The van der Waals surface area contributed by atoms with Gasteiger partial charge in [-0.3, -0.25) is 19.3 Å². The number of carbonyl (C=O) groups is 3. The second-order valence-corrected chi connectivity index (χ2v) is 7.50. The number of aromatic nitrogens is 1. The van der Waals surface area contributed by atoms with Crippen LogP contribution in [0.2, 0.25) is 0 Å². The number of benzene rings is 1. The Labute approximate surface area is 156 Å². The molecular formula is C19H21N3O3S. The predicted octanol–water partition coefficient (Wildman–Crippen LogP) is 2.91. The first-order valence-corrected chi connectivity index (χ1v) is 9.46. The van der Waals surface area contributed by atoms with Crippen LogP contribution in [-0.2, 0) is 20.8 Å². The third-order valence-electron chi connectivity index (χ3n) is 4.24. The molecule has 26 heavy (non-hydrogen) atoms. The van der Waals surface area contributed by atoms with E-state index in [9.17, 15) is 14.4 Å². The normalized spacial score (nSPS) is 14.1. The van der Waals surface area contributed by atoms with Crippen molar-refractivity contribution in [2.75, 3.05) is 11.9 Å². The van der Waals surface area contributed by atoms with E-state index in [0.717, 1.165) is 11.3 Å². The molecule has 0 aliphatic carbocycles. The largest absolute Gasteiger partial charge is 0.302 e. The lowest BCUT2D eigenvalue weighted by Crippen LogP contribution is -2.30. The number of nitrogens with zero attached hydrogens (tertiary/aromatic N) is 2. The van der Waals surface area contributed by atoms with E-state index in [2.05, 4.69) is 41.5 Å². The smallest absolute Gasteiger partial charge is 0.229 e. The topological polar surface area (TPSA) is 79.4 Å². The van der Waals surface area contributed by atoms with E-state index in [1.54, 1.807) is 6.20 Å². The maximum atomic E-state index is 12.0. The van der Waals surface area contributed by atoms with Crippen molar-refractivity contribution in [2.45, 2.75) is 39.0 Å². The number of hydrogen-bond donors (Lipinski definition) is 1. The molecule has 0 saturated carbocycles. The van der Waals surface area contributed by atoms with Crippen molar-refractivity contribution in [3.8, 4) is 0 Å². The van der Waals surface area contributed by atoms with Gasteiger partial charge < -0.3 is 5.32 Å². The molecule has 6 nitrogen and oxygen atoms in total. The highest BCUT2D eigenvalue weighted by atomic mass is 32.1. The number of anilines is 1. The minimum atomic E-state index is -0.152. The van der Waals surface area contributed by atoms with Crippen molar-refractivity contribution in [2.24, 2.45) is 0 Å². The summed E-state index contributed by atoms with van der Waals surface area (Å²) in [5.74, 6) is -0.438.